The van der Waals surface area contributed by atoms with Crippen LogP contribution in [0.4, 0.5) is 0 Å². The number of rotatable bonds is 3. The highest BCUT2D eigenvalue weighted by Crippen LogP contribution is 2.26. The lowest BCUT2D eigenvalue weighted by Crippen LogP contribution is -2.12. The maximum absolute atomic E-state index is 11.8. The zero-order valence-electron chi connectivity index (χ0n) is 10.5. The van der Waals surface area contributed by atoms with E-state index in [0.29, 0.717) is 17.9 Å². The Kier molecular flexibility index (Phi) is 3.35. The molecule has 3 nitrogen and oxygen atoms in total. The van der Waals surface area contributed by atoms with Crippen LogP contribution in [-0.4, -0.2) is 11.6 Å². The Bertz CT molecular complexity index is 691. The van der Waals surface area contributed by atoms with Crippen molar-refractivity contribution in [2.24, 2.45) is 0 Å². The molecule has 0 saturated carbocycles. The van der Waals surface area contributed by atoms with Gasteiger partial charge in [-0.3, -0.25) is 4.79 Å². The standard InChI is InChI=1S/C15H15NO2/c1-4-5-8-18-14-11(3)15(17)16-13-7-6-10(2)9-12(13)14/h5-7,9H,1,8H2,2-3H3,(H,16,17). The van der Waals surface area contributed by atoms with E-state index in [4.69, 9.17) is 4.74 Å². The number of aromatic nitrogens is 1. The van der Waals surface area contributed by atoms with Crippen LogP contribution in [-0.2, 0) is 0 Å². The second kappa shape index (κ2) is 4.94. The topological polar surface area (TPSA) is 42.1 Å². The molecule has 0 aliphatic heterocycles. The van der Waals surface area contributed by atoms with Crippen molar-refractivity contribution in [1.29, 1.82) is 0 Å². The largest absolute Gasteiger partial charge is 0.488 e. The van der Waals surface area contributed by atoms with Crippen LogP contribution in [0.1, 0.15) is 11.1 Å². The van der Waals surface area contributed by atoms with E-state index in [9.17, 15) is 4.79 Å². The molecule has 1 N–H and O–H groups in total. The molecule has 1 aromatic heterocycles. The van der Waals surface area contributed by atoms with Gasteiger partial charge < -0.3 is 9.72 Å². The molecule has 0 aliphatic rings. The Balaban J connectivity index is 2.66. The molecule has 2 rings (SSSR count). The molecule has 1 heterocycles. The molecule has 0 radical (unpaired) electrons. The van der Waals surface area contributed by atoms with E-state index < -0.39 is 0 Å². The minimum absolute atomic E-state index is 0.121. The number of nitrogens with one attached hydrogen (secondary N) is 1. The fourth-order valence-corrected chi connectivity index (χ4v) is 1.85. The van der Waals surface area contributed by atoms with Crippen LogP contribution in [0.5, 0.6) is 5.75 Å². The highest BCUT2D eigenvalue weighted by atomic mass is 16.5. The molecule has 1 aromatic carbocycles. The number of fused-ring (bicyclic) bond motifs is 1. The van der Waals surface area contributed by atoms with E-state index in [-0.39, 0.29) is 5.56 Å². The Morgan fingerprint density at radius 3 is 2.94 bits per heavy atom. The first-order valence-corrected chi connectivity index (χ1v) is 5.74. The number of hydrogen-bond acceptors (Lipinski definition) is 2. The van der Waals surface area contributed by atoms with Gasteiger partial charge in [0, 0.05) is 5.39 Å². The van der Waals surface area contributed by atoms with E-state index in [2.05, 4.69) is 17.3 Å². The van der Waals surface area contributed by atoms with Gasteiger partial charge in [-0.05, 0) is 32.1 Å². The molecule has 0 unspecified atom stereocenters. The van der Waals surface area contributed by atoms with Gasteiger partial charge in [-0.1, -0.05) is 18.2 Å². The van der Waals surface area contributed by atoms with Crippen molar-refractivity contribution in [3.8, 4) is 5.75 Å². The van der Waals surface area contributed by atoms with Crippen molar-refractivity contribution >= 4 is 10.9 Å². The Labute approximate surface area is 105 Å². The summed E-state index contributed by atoms with van der Waals surface area (Å²) in [5.74, 6) is 0.629. The van der Waals surface area contributed by atoms with Gasteiger partial charge in [-0.15, -0.1) is 5.73 Å². The van der Waals surface area contributed by atoms with Crippen molar-refractivity contribution in [3.05, 3.63) is 58.1 Å². The Hall–Kier alpha value is -2.25. The van der Waals surface area contributed by atoms with E-state index in [1.807, 2.05) is 25.1 Å². The fourth-order valence-electron chi connectivity index (χ4n) is 1.85. The third-order valence-corrected chi connectivity index (χ3v) is 2.80. The summed E-state index contributed by atoms with van der Waals surface area (Å²) in [7, 11) is 0. The van der Waals surface area contributed by atoms with Gasteiger partial charge in [0.2, 0.25) is 0 Å². The fraction of sp³-hybridized carbons (Fsp3) is 0.200. The molecule has 0 amide bonds. The molecule has 0 bridgehead atoms. The zero-order chi connectivity index (χ0) is 13.1. The summed E-state index contributed by atoms with van der Waals surface area (Å²) < 4.78 is 5.65. The lowest BCUT2D eigenvalue weighted by molar-refractivity contribution is 0.364. The highest BCUT2D eigenvalue weighted by molar-refractivity contribution is 5.86. The van der Waals surface area contributed by atoms with Crippen molar-refractivity contribution in [2.45, 2.75) is 13.8 Å². The summed E-state index contributed by atoms with van der Waals surface area (Å²) >= 11 is 0. The summed E-state index contributed by atoms with van der Waals surface area (Å²) in [5.41, 5.74) is 5.02. The van der Waals surface area contributed by atoms with E-state index in [1.165, 1.54) is 0 Å². The van der Waals surface area contributed by atoms with Crippen LogP contribution in [0, 0.1) is 13.8 Å². The van der Waals surface area contributed by atoms with Crippen molar-refractivity contribution in [2.75, 3.05) is 6.61 Å². The first-order chi connectivity index (χ1) is 8.63. The van der Waals surface area contributed by atoms with Crippen LogP contribution < -0.4 is 10.3 Å². The quantitative estimate of drug-likeness (QED) is 0.839. The molecule has 0 saturated heterocycles. The van der Waals surface area contributed by atoms with Crippen LogP contribution >= 0.6 is 0 Å². The van der Waals surface area contributed by atoms with Crippen LogP contribution in [0.3, 0.4) is 0 Å². The molecular formula is C15H15NO2. The van der Waals surface area contributed by atoms with Gasteiger partial charge in [0.25, 0.3) is 5.56 Å². The zero-order valence-corrected chi connectivity index (χ0v) is 10.5. The Morgan fingerprint density at radius 1 is 1.44 bits per heavy atom. The minimum atomic E-state index is -0.121. The molecule has 0 spiro atoms. The SMILES string of the molecule is C=C=CCOc1c(C)c(=O)[nH]c2ccc(C)cc12. The molecule has 0 fully saturated rings. The highest BCUT2D eigenvalue weighted by Gasteiger charge is 2.10. The lowest BCUT2D eigenvalue weighted by atomic mass is 10.1. The molecular weight excluding hydrogens is 226 g/mol. The summed E-state index contributed by atoms with van der Waals surface area (Å²) in [6.07, 6.45) is 1.68. The number of hydrogen-bond donors (Lipinski definition) is 1. The lowest BCUT2D eigenvalue weighted by Gasteiger charge is -2.10. The van der Waals surface area contributed by atoms with E-state index >= 15 is 0 Å². The van der Waals surface area contributed by atoms with Crippen LogP contribution in [0.15, 0.2) is 41.4 Å². The van der Waals surface area contributed by atoms with Crippen molar-refractivity contribution in [3.63, 3.8) is 0 Å². The predicted molar refractivity (Wildman–Crippen MR) is 73.2 cm³/mol. The molecule has 0 atom stereocenters. The van der Waals surface area contributed by atoms with Gasteiger partial charge in [0.1, 0.15) is 12.4 Å². The second-order valence-electron chi connectivity index (χ2n) is 4.18. The van der Waals surface area contributed by atoms with Crippen molar-refractivity contribution in [1.82, 2.24) is 4.98 Å². The van der Waals surface area contributed by atoms with Gasteiger partial charge in [-0.25, -0.2) is 0 Å². The molecule has 2 aromatic rings. The third-order valence-electron chi connectivity index (χ3n) is 2.80. The number of benzene rings is 1. The van der Waals surface area contributed by atoms with Gasteiger partial charge in [-0.2, -0.15) is 0 Å². The number of pyridine rings is 1. The maximum Gasteiger partial charge on any atom is 0.255 e. The first-order valence-electron chi connectivity index (χ1n) is 5.74. The maximum atomic E-state index is 11.8. The number of H-pyrrole nitrogens is 1. The predicted octanol–water partition coefficient (Wildman–Crippen LogP) is 2.86. The van der Waals surface area contributed by atoms with Crippen molar-refractivity contribution < 1.29 is 4.74 Å². The molecule has 92 valence electrons. The van der Waals surface area contributed by atoms with Crippen LogP contribution in [0.2, 0.25) is 0 Å². The molecule has 18 heavy (non-hydrogen) atoms. The molecule has 0 aliphatic carbocycles. The van der Waals surface area contributed by atoms with Gasteiger partial charge in [0.15, 0.2) is 0 Å². The number of aryl methyl sites for hydroxylation is 1. The average Bonchev–Trinajstić information content (AvgIpc) is 2.35. The number of aromatic amines is 1. The minimum Gasteiger partial charge on any atom is -0.488 e. The van der Waals surface area contributed by atoms with Gasteiger partial charge >= 0.3 is 0 Å². The average molecular weight is 241 g/mol. The smallest absolute Gasteiger partial charge is 0.255 e. The van der Waals surface area contributed by atoms with Crippen LogP contribution in [0.25, 0.3) is 10.9 Å². The van der Waals surface area contributed by atoms with E-state index in [1.54, 1.807) is 13.0 Å². The Morgan fingerprint density at radius 2 is 2.22 bits per heavy atom. The normalized spacial score (nSPS) is 10.1. The third kappa shape index (κ3) is 2.22. The monoisotopic (exact) mass is 241 g/mol. The summed E-state index contributed by atoms with van der Waals surface area (Å²) in [5, 5.41) is 0.921. The summed E-state index contributed by atoms with van der Waals surface area (Å²) in [6, 6.07) is 5.86. The summed E-state index contributed by atoms with van der Waals surface area (Å²) in [6.45, 7) is 7.60. The van der Waals surface area contributed by atoms with Gasteiger partial charge in [0.05, 0.1) is 11.1 Å². The van der Waals surface area contributed by atoms with E-state index in [0.717, 1.165) is 16.5 Å². The first kappa shape index (κ1) is 12.2. The second-order valence-corrected chi connectivity index (χ2v) is 4.18. The number of ether oxygens (including phenoxy) is 1. The summed E-state index contributed by atoms with van der Waals surface area (Å²) in [4.78, 5) is 14.6. The molecule has 3 heteroatoms.